The molecule has 2 N–H and O–H groups in total. The average Bonchev–Trinajstić information content (AvgIpc) is 3.35. The van der Waals surface area contributed by atoms with Crippen LogP contribution in [0.25, 0.3) is 11.3 Å². The van der Waals surface area contributed by atoms with Gasteiger partial charge in [0.15, 0.2) is 0 Å². The Bertz CT molecular complexity index is 1430. The summed E-state index contributed by atoms with van der Waals surface area (Å²) in [5.74, 6) is -1.41. The standard InChI is InChI=1S/C30H42F3N5O7Si/c1-10-11-21(37-28(41)45-29(2,3)4)25-36-23(17-38(25)18-44-14-15-46(7,8)9)20-13-12-19(34-27(40)43-6)16-22(20)35-24(26(39)42-5)30(31,32)33/h10,12-13,16-17,21H,1,11,14-15,18H2,2-9H3,(H,34,40)(H,37,41)/b35-24+/t21-/m0/s1. The number of carbonyl (C=O) groups is 3. The minimum Gasteiger partial charge on any atom is -0.464 e. The number of ether oxygens (including phenoxy) is 4. The van der Waals surface area contributed by atoms with Crippen LogP contribution in [0.2, 0.25) is 25.7 Å². The lowest BCUT2D eigenvalue weighted by atomic mass is 10.1. The van der Waals surface area contributed by atoms with E-state index in [9.17, 15) is 27.6 Å². The van der Waals surface area contributed by atoms with E-state index in [0.717, 1.165) is 26.3 Å². The lowest BCUT2D eigenvalue weighted by molar-refractivity contribution is -0.137. The number of aromatic nitrogens is 2. The molecule has 2 amide bonds. The fourth-order valence-corrected chi connectivity index (χ4v) is 4.61. The molecule has 0 unspecified atom stereocenters. The zero-order valence-corrected chi connectivity index (χ0v) is 28.3. The Morgan fingerprint density at radius 1 is 1.11 bits per heavy atom. The minimum atomic E-state index is -5.17. The molecule has 2 aromatic rings. The molecule has 0 aliphatic carbocycles. The maximum Gasteiger partial charge on any atom is 0.440 e. The maximum absolute atomic E-state index is 13.9. The SMILES string of the molecule is C=CC[C@H](NC(=O)OC(C)(C)C)c1nc(-c2ccc(NC(=O)OC)cc2/N=C(\C(=O)OC)C(F)(F)F)cn1COCC[Si](C)(C)C. The Labute approximate surface area is 267 Å². The highest BCUT2D eigenvalue weighted by Gasteiger charge is 2.42. The Kier molecular flexibility index (Phi) is 13.1. The van der Waals surface area contributed by atoms with Crippen LogP contribution in [-0.4, -0.2) is 74.1 Å². The molecule has 0 bridgehead atoms. The summed E-state index contributed by atoms with van der Waals surface area (Å²) in [6.07, 6.45) is -3.44. The predicted molar refractivity (Wildman–Crippen MR) is 170 cm³/mol. The predicted octanol–water partition coefficient (Wildman–Crippen LogP) is 6.99. The van der Waals surface area contributed by atoms with E-state index in [2.05, 4.69) is 56.3 Å². The van der Waals surface area contributed by atoms with Gasteiger partial charge < -0.3 is 28.8 Å². The molecule has 2 rings (SSSR count). The van der Waals surface area contributed by atoms with Gasteiger partial charge in [0.2, 0.25) is 5.71 Å². The summed E-state index contributed by atoms with van der Waals surface area (Å²) in [5, 5.41) is 5.14. The van der Waals surface area contributed by atoms with Crippen LogP contribution < -0.4 is 10.6 Å². The molecule has 1 aromatic heterocycles. The van der Waals surface area contributed by atoms with Crippen molar-refractivity contribution in [2.24, 2.45) is 4.99 Å². The van der Waals surface area contributed by atoms with Crippen molar-refractivity contribution in [3.63, 3.8) is 0 Å². The van der Waals surface area contributed by atoms with Gasteiger partial charge in [-0.1, -0.05) is 25.7 Å². The average molecular weight is 670 g/mol. The van der Waals surface area contributed by atoms with E-state index in [-0.39, 0.29) is 35.8 Å². The number of rotatable bonds is 13. The van der Waals surface area contributed by atoms with Gasteiger partial charge in [0, 0.05) is 32.1 Å². The van der Waals surface area contributed by atoms with Gasteiger partial charge in [-0.3, -0.25) is 5.32 Å². The molecule has 16 heteroatoms. The summed E-state index contributed by atoms with van der Waals surface area (Å²) >= 11 is 0. The van der Waals surface area contributed by atoms with E-state index in [4.69, 9.17) is 9.47 Å². The molecule has 0 radical (unpaired) electrons. The number of hydrogen-bond acceptors (Lipinski definition) is 9. The molecule has 254 valence electrons. The third-order valence-corrected chi connectivity index (χ3v) is 7.73. The van der Waals surface area contributed by atoms with Gasteiger partial charge in [0.25, 0.3) is 0 Å². The summed E-state index contributed by atoms with van der Waals surface area (Å²) in [4.78, 5) is 45.0. The third kappa shape index (κ3) is 12.0. The molecule has 0 saturated heterocycles. The molecule has 1 atom stereocenters. The molecule has 0 fully saturated rings. The van der Waals surface area contributed by atoms with Crippen molar-refractivity contribution in [3.05, 3.63) is 42.9 Å². The smallest absolute Gasteiger partial charge is 0.440 e. The molecule has 0 saturated carbocycles. The second-order valence-corrected chi connectivity index (χ2v) is 17.9. The zero-order valence-electron chi connectivity index (χ0n) is 27.3. The number of esters is 1. The van der Waals surface area contributed by atoms with Gasteiger partial charge in [0.05, 0.1) is 31.6 Å². The van der Waals surface area contributed by atoms with E-state index < -0.39 is 49.8 Å². The summed E-state index contributed by atoms with van der Waals surface area (Å²) < 4.78 is 63.5. The number of benzene rings is 1. The van der Waals surface area contributed by atoms with Crippen LogP contribution in [-0.2, 0) is 30.5 Å². The van der Waals surface area contributed by atoms with Gasteiger partial charge in [-0.15, -0.1) is 6.58 Å². The quantitative estimate of drug-likeness (QED) is 0.0580. The Morgan fingerprint density at radius 3 is 2.33 bits per heavy atom. The van der Waals surface area contributed by atoms with Crippen LogP contribution in [0.15, 0.2) is 42.0 Å². The number of halogens is 3. The first-order valence-corrected chi connectivity index (χ1v) is 18.0. The first-order chi connectivity index (χ1) is 21.3. The van der Waals surface area contributed by atoms with Gasteiger partial charge in [0.1, 0.15) is 18.2 Å². The summed E-state index contributed by atoms with van der Waals surface area (Å²) in [5.41, 5.74) is -2.73. The second kappa shape index (κ2) is 15.9. The number of carbonyl (C=O) groups excluding carboxylic acids is 3. The monoisotopic (exact) mass is 669 g/mol. The van der Waals surface area contributed by atoms with Crippen LogP contribution in [0.4, 0.5) is 34.1 Å². The summed E-state index contributed by atoms with van der Waals surface area (Å²) in [6.45, 7) is 16.0. The van der Waals surface area contributed by atoms with Crippen LogP contribution in [0, 0.1) is 0 Å². The van der Waals surface area contributed by atoms with E-state index in [0.29, 0.717) is 12.4 Å². The van der Waals surface area contributed by atoms with Crippen molar-refractivity contribution < 1.29 is 46.5 Å². The molecule has 0 spiro atoms. The number of anilines is 1. The fraction of sp³-hybridized carbons (Fsp3) is 0.500. The van der Waals surface area contributed by atoms with Gasteiger partial charge in [-0.25, -0.2) is 24.4 Å². The second-order valence-electron chi connectivity index (χ2n) is 12.3. The number of hydrogen-bond donors (Lipinski definition) is 2. The van der Waals surface area contributed by atoms with Crippen LogP contribution in [0.3, 0.4) is 0 Å². The van der Waals surface area contributed by atoms with Gasteiger partial charge >= 0.3 is 24.3 Å². The number of alkyl halides is 3. The normalized spacial score (nSPS) is 13.1. The van der Waals surface area contributed by atoms with Gasteiger partial charge in [-0.2, -0.15) is 13.2 Å². The third-order valence-electron chi connectivity index (χ3n) is 6.02. The topological polar surface area (TPSA) is 142 Å². The maximum atomic E-state index is 13.9. The minimum absolute atomic E-state index is 0.00694. The van der Waals surface area contributed by atoms with Crippen molar-refractivity contribution in [1.29, 1.82) is 0 Å². The lowest BCUT2D eigenvalue weighted by Gasteiger charge is -2.23. The number of nitrogens with one attached hydrogen (secondary N) is 2. The molecule has 0 aliphatic rings. The fourth-order valence-electron chi connectivity index (χ4n) is 3.86. The molecule has 46 heavy (non-hydrogen) atoms. The van der Waals surface area contributed by atoms with Crippen molar-refractivity contribution in [2.45, 2.75) is 77.4 Å². The van der Waals surface area contributed by atoms with Crippen LogP contribution in [0.5, 0.6) is 0 Å². The van der Waals surface area contributed by atoms with E-state index in [1.54, 1.807) is 31.4 Å². The zero-order chi connectivity index (χ0) is 34.9. The number of alkyl carbamates (subject to hydrolysis) is 1. The number of amides is 2. The van der Waals surface area contributed by atoms with Crippen molar-refractivity contribution in [2.75, 3.05) is 26.1 Å². The number of imidazole rings is 1. The number of methoxy groups -OCH3 is 2. The summed E-state index contributed by atoms with van der Waals surface area (Å²) in [7, 11) is 0.490. The number of nitrogens with zero attached hydrogens (tertiary/aromatic N) is 3. The molecular formula is C30H42F3N5O7Si. The molecule has 1 aromatic carbocycles. The Balaban J connectivity index is 2.76. The Morgan fingerprint density at radius 2 is 1.78 bits per heavy atom. The van der Waals surface area contributed by atoms with Crippen molar-refractivity contribution >= 4 is 43.3 Å². The van der Waals surface area contributed by atoms with E-state index in [1.165, 1.54) is 18.3 Å². The molecule has 0 aliphatic heterocycles. The molecular weight excluding hydrogens is 627 g/mol. The highest BCUT2D eigenvalue weighted by molar-refractivity contribution is 6.76. The first-order valence-electron chi connectivity index (χ1n) is 14.3. The lowest BCUT2D eigenvalue weighted by Crippen LogP contribution is -2.36. The van der Waals surface area contributed by atoms with Crippen molar-refractivity contribution in [1.82, 2.24) is 14.9 Å². The highest BCUT2D eigenvalue weighted by Crippen LogP contribution is 2.35. The molecule has 12 nitrogen and oxygen atoms in total. The van der Waals surface area contributed by atoms with E-state index in [1.807, 2.05) is 0 Å². The van der Waals surface area contributed by atoms with Crippen LogP contribution in [0.1, 0.15) is 39.1 Å². The largest absolute Gasteiger partial charge is 0.464 e. The first kappa shape index (κ1) is 38.0. The number of aliphatic imine (C=N–C) groups is 1. The molecule has 1 heterocycles. The highest BCUT2D eigenvalue weighted by atomic mass is 28.3. The summed E-state index contributed by atoms with van der Waals surface area (Å²) in [6, 6.07) is 4.01. The van der Waals surface area contributed by atoms with Crippen LogP contribution >= 0.6 is 0 Å². The van der Waals surface area contributed by atoms with E-state index >= 15 is 0 Å². The van der Waals surface area contributed by atoms with Crippen molar-refractivity contribution in [3.8, 4) is 11.3 Å². The Hall–Kier alpha value is -4.18. The van der Waals surface area contributed by atoms with Gasteiger partial charge in [-0.05, 0) is 51.4 Å².